The maximum atomic E-state index is 11.8. The van der Waals surface area contributed by atoms with Crippen LogP contribution in [0.3, 0.4) is 0 Å². The quantitative estimate of drug-likeness (QED) is 0.534. The fourth-order valence-electron chi connectivity index (χ4n) is 1.36. The first-order valence-electron chi connectivity index (χ1n) is 5.47. The molecule has 1 aromatic rings. The van der Waals surface area contributed by atoms with Crippen molar-refractivity contribution in [3.8, 4) is 0 Å². The van der Waals surface area contributed by atoms with Crippen LogP contribution in [0.5, 0.6) is 0 Å². The molecule has 1 aromatic heterocycles. The van der Waals surface area contributed by atoms with E-state index in [2.05, 4.69) is 15.6 Å². The lowest BCUT2D eigenvalue weighted by atomic mass is 10.2. The lowest BCUT2D eigenvalue weighted by molar-refractivity contribution is 0.0953. The molecule has 0 aliphatic carbocycles. The van der Waals surface area contributed by atoms with E-state index in [9.17, 15) is 4.79 Å². The molecule has 0 saturated heterocycles. The minimum atomic E-state index is -0.138. The number of amides is 1. The van der Waals surface area contributed by atoms with Crippen LogP contribution in [0.4, 0.5) is 0 Å². The third-order valence-electron chi connectivity index (χ3n) is 2.20. The largest absolute Gasteiger partial charge is 0.351 e. The Morgan fingerprint density at radius 2 is 2.11 bits per heavy atom. The van der Waals surface area contributed by atoms with E-state index < -0.39 is 0 Å². The van der Waals surface area contributed by atoms with Crippen LogP contribution >= 0.6 is 24.0 Å². The molecular weight excluding hydrogens is 275 g/mol. The van der Waals surface area contributed by atoms with Gasteiger partial charge < -0.3 is 16.4 Å². The van der Waals surface area contributed by atoms with Crippen LogP contribution in [0.1, 0.15) is 16.1 Å². The maximum Gasteiger partial charge on any atom is 0.253 e. The van der Waals surface area contributed by atoms with Crippen molar-refractivity contribution < 1.29 is 4.79 Å². The molecule has 1 amide bonds. The van der Waals surface area contributed by atoms with Gasteiger partial charge in [0.1, 0.15) is 5.15 Å². The average Bonchev–Trinajstić information content (AvgIpc) is 2.28. The molecule has 0 aliphatic rings. The lowest BCUT2D eigenvalue weighted by Crippen LogP contribution is -2.34. The summed E-state index contributed by atoms with van der Waals surface area (Å²) in [5.74, 6) is -0.138. The van der Waals surface area contributed by atoms with Crippen molar-refractivity contribution >= 4 is 29.9 Å². The van der Waals surface area contributed by atoms with E-state index in [4.69, 9.17) is 17.3 Å². The maximum absolute atomic E-state index is 11.8. The fraction of sp³-hybridized carbons (Fsp3) is 0.455. The summed E-state index contributed by atoms with van der Waals surface area (Å²) in [6, 6.07) is 3.28. The number of carbonyl (C=O) groups is 1. The summed E-state index contributed by atoms with van der Waals surface area (Å²) in [4.78, 5) is 15.8. The number of nitrogens with two attached hydrogens (primary N) is 1. The van der Waals surface area contributed by atoms with E-state index in [1.54, 1.807) is 19.1 Å². The van der Waals surface area contributed by atoms with Gasteiger partial charge in [0.2, 0.25) is 0 Å². The van der Waals surface area contributed by atoms with Crippen LogP contribution in [0, 0.1) is 6.92 Å². The molecule has 0 fully saturated rings. The number of aryl methyl sites for hydroxylation is 1. The van der Waals surface area contributed by atoms with Crippen molar-refractivity contribution in [3.05, 3.63) is 28.5 Å². The van der Waals surface area contributed by atoms with Gasteiger partial charge in [0.15, 0.2) is 0 Å². The van der Waals surface area contributed by atoms with Gasteiger partial charge in [-0.15, -0.1) is 12.4 Å². The summed E-state index contributed by atoms with van der Waals surface area (Å²) >= 11 is 5.72. The van der Waals surface area contributed by atoms with Crippen LogP contribution in [-0.2, 0) is 0 Å². The Hall–Kier alpha value is -0.880. The molecule has 4 N–H and O–H groups in total. The van der Waals surface area contributed by atoms with Crippen LogP contribution in [-0.4, -0.2) is 37.1 Å². The first-order valence-corrected chi connectivity index (χ1v) is 5.85. The molecule has 0 radical (unpaired) electrons. The lowest BCUT2D eigenvalue weighted by Gasteiger charge is -2.07. The molecule has 0 saturated carbocycles. The topological polar surface area (TPSA) is 80.0 Å². The van der Waals surface area contributed by atoms with Crippen molar-refractivity contribution in [1.82, 2.24) is 15.6 Å². The number of hydrogen-bond donors (Lipinski definition) is 3. The van der Waals surface area contributed by atoms with Gasteiger partial charge >= 0.3 is 0 Å². The van der Waals surface area contributed by atoms with Crippen molar-refractivity contribution in [2.24, 2.45) is 5.73 Å². The van der Waals surface area contributed by atoms with Crippen LogP contribution < -0.4 is 16.4 Å². The predicted octanol–water partition coefficient (Wildman–Crippen LogP) is 0.743. The Labute approximate surface area is 118 Å². The number of halogens is 2. The zero-order chi connectivity index (χ0) is 12.7. The van der Waals surface area contributed by atoms with Crippen LogP contribution in [0.25, 0.3) is 0 Å². The minimum Gasteiger partial charge on any atom is -0.351 e. The Balaban J connectivity index is 0.00000289. The van der Waals surface area contributed by atoms with Gasteiger partial charge in [-0.25, -0.2) is 4.98 Å². The number of aromatic nitrogens is 1. The van der Waals surface area contributed by atoms with Crippen molar-refractivity contribution in [1.29, 1.82) is 0 Å². The molecular formula is C11H18Cl2N4O. The van der Waals surface area contributed by atoms with Gasteiger partial charge in [-0.3, -0.25) is 4.79 Å². The van der Waals surface area contributed by atoms with Crippen molar-refractivity contribution in [3.63, 3.8) is 0 Å². The first kappa shape index (κ1) is 17.1. The van der Waals surface area contributed by atoms with E-state index in [0.717, 1.165) is 6.54 Å². The second-order valence-corrected chi connectivity index (χ2v) is 3.95. The highest BCUT2D eigenvalue weighted by atomic mass is 35.5. The number of pyridine rings is 1. The molecule has 0 aromatic carbocycles. The second-order valence-electron chi connectivity index (χ2n) is 3.56. The van der Waals surface area contributed by atoms with Crippen molar-refractivity contribution in [2.45, 2.75) is 6.92 Å². The Morgan fingerprint density at radius 1 is 1.39 bits per heavy atom. The minimum absolute atomic E-state index is 0. The summed E-state index contributed by atoms with van der Waals surface area (Å²) in [5.41, 5.74) is 6.50. The Kier molecular flexibility index (Phi) is 8.66. The SMILES string of the molecule is Cc1nc(Cl)ccc1C(=O)NCCNCCN.Cl. The third kappa shape index (κ3) is 5.64. The molecule has 102 valence electrons. The predicted molar refractivity (Wildman–Crippen MR) is 75.5 cm³/mol. The fourth-order valence-corrected chi connectivity index (χ4v) is 1.55. The van der Waals surface area contributed by atoms with Crippen LogP contribution in [0.2, 0.25) is 5.15 Å². The van der Waals surface area contributed by atoms with Gasteiger partial charge in [0, 0.05) is 26.2 Å². The summed E-state index contributed by atoms with van der Waals surface area (Å²) in [6.07, 6.45) is 0. The molecule has 7 heteroatoms. The smallest absolute Gasteiger partial charge is 0.253 e. The van der Waals surface area contributed by atoms with Gasteiger partial charge in [0.05, 0.1) is 11.3 Å². The summed E-state index contributed by atoms with van der Waals surface area (Å²) < 4.78 is 0. The molecule has 0 atom stereocenters. The summed E-state index contributed by atoms with van der Waals surface area (Å²) in [7, 11) is 0. The average molecular weight is 293 g/mol. The molecule has 18 heavy (non-hydrogen) atoms. The third-order valence-corrected chi connectivity index (χ3v) is 2.42. The highest BCUT2D eigenvalue weighted by Crippen LogP contribution is 2.10. The summed E-state index contributed by atoms with van der Waals surface area (Å²) in [5, 5.41) is 6.27. The highest BCUT2D eigenvalue weighted by Gasteiger charge is 2.09. The number of nitrogens with zero attached hydrogens (tertiary/aromatic N) is 1. The van der Waals surface area contributed by atoms with E-state index in [-0.39, 0.29) is 18.3 Å². The number of rotatable bonds is 6. The number of carbonyl (C=O) groups excluding carboxylic acids is 1. The van der Waals surface area contributed by atoms with Gasteiger partial charge in [-0.1, -0.05) is 11.6 Å². The second kappa shape index (κ2) is 9.10. The van der Waals surface area contributed by atoms with E-state index in [0.29, 0.717) is 36.0 Å². The van der Waals surface area contributed by atoms with E-state index in [1.165, 1.54) is 0 Å². The number of hydrogen-bond acceptors (Lipinski definition) is 4. The summed E-state index contributed by atoms with van der Waals surface area (Å²) in [6.45, 7) is 4.35. The van der Waals surface area contributed by atoms with Crippen molar-refractivity contribution in [2.75, 3.05) is 26.2 Å². The zero-order valence-corrected chi connectivity index (χ0v) is 11.8. The molecule has 0 bridgehead atoms. The molecule has 0 spiro atoms. The molecule has 5 nitrogen and oxygen atoms in total. The number of nitrogens with one attached hydrogen (secondary N) is 2. The van der Waals surface area contributed by atoms with Crippen LogP contribution in [0.15, 0.2) is 12.1 Å². The first-order chi connectivity index (χ1) is 8.15. The normalized spacial score (nSPS) is 9.72. The Morgan fingerprint density at radius 3 is 2.72 bits per heavy atom. The monoisotopic (exact) mass is 292 g/mol. The highest BCUT2D eigenvalue weighted by molar-refractivity contribution is 6.29. The molecule has 1 heterocycles. The van der Waals surface area contributed by atoms with Gasteiger partial charge in [-0.05, 0) is 19.1 Å². The molecule has 0 unspecified atom stereocenters. The Bertz CT molecular complexity index is 387. The standard InChI is InChI=1S/C11H17ClN4O.ClH/c1-8-9(2-3-10(12)16-8)11(17)15-7-6-14-5-4-13;/h2-3,14H,4-7,13H2,1H3,(H,15,17);1H. The molecule has 0 aliphatic heterocycles. The van der Waals surface area contributed by atoms with E-state index in [1.807, 2.05) is 0 Å². The van der Waals surface area contributed by atoms with Gasteiger partial charge in [-0.2, -0.15) is 0 Å². The van der Waals surface area contributed by atoms with Gasteiger partial charge in [0.25, 0.3) is 5.91 Å². The zero-order valence-electron chi connectivity index (χ0n) is 10.2. The van der Waals surface area contributed by atoms with E-state index >= 15 is 0 Å². The molecule has 1 rings (SSSR count).